The average Bonchev–Trinajstić information content (AvgIpc) is 3.39. The third-order valence-electron chi connectivity index (χ3n) is 3.91. The van der Waals surface area contributed by atoms with E-state index in [2.05, 4.69) is 15.5 Å². The van der Waals surface area contributed by atoms with E-state index in [-0.39, 0.29) is 11.7 Å². The lowest BCUT2D eigenvalue weighted by Gasteiger charge is -2.09. The minimum Gasteiger partial charge on any atom is -0.457 e. The van der Waals surface area contributed by atoms with Gasteiger partial charge >= 0.3 is 0 Å². The van der Waals surface area contributed by atoms with Crippen LogP contribution in [0.25, 0.3) is 0 Å². The largest absolute Gasteiger partial charge is 0.457 e. The third kappa shape index (κ3) is 4.23. The summed E-state index contributed by atoms with van der Waals surface area (Å²) in [5.74, 6) is 1.63. The summed E-state index contributed by atoms with van der Waals surface area (Å²) in [6, 6.07) is 17.4. The molecule has 0 spiro atoms. The summed E-state index contributed by atoms with van der Waals surface area (Å²) in [6.45, 7) is 0. The molecule has 6 nitrogen and oxygen atoms in total. The van der Waals surface area contributed by atoms with Crippen LogP contribution < -0.4 is 10.1 Å². The van der Waals surface area contributed by atoms with Crippen LogP contribution in [0.4, 0.5) is 5.69 Å². The zero-order chi connectivity index (χ0) is 17.8. The van der Waals surface area contributed by atoms with Gasteiger partial charge in [0.15, 0.2) is 5.16 Å². The van der Waals surface area contributed by atoms with Gasteiger partial charge in [0.2, 0.25) is 5.91 Å². The molecule has 1 aliphatic carbocycles. The molecule has 0 saturated heterocycles. The van der Waals surface area contributed by atoms with Gasteiger partial charge in [-0.3, -0.25) is 4.79 Å². The molecule has 1 fully saturated rings. The molecule has 0 bridgehead atoms. The van der Waals surface area contributed by atoms with Crippen LogP contribution in [0.3, 0.4) is 0 Å². The summed E-state index contributed by atoms with van der Waals surface area (Å²) in [4.78, 5) is 12.2. The highest BCUT2D eigenvalue weighted by atomic mass is 32.2. The minimum absolute atomic E-state index is 0.0859. The lowest BCUT2D eigenvalue weighted by atomic mass is 10.3. The highest BCUT2D eigenvalue weighted by Gasteiger charge is 2.26. The first-order valence-electron chi connectivity index (χ1n) is 8.43. The van der Waals surface area contributed by atoms with Gasteiger partial charge in [-0.05, 0) is 37.1 Å². The van der Waals surface area contributed by atoms with Gasteiger partial charge in [0, 0.05) is 17.8 Å². The third-order valence-corrected chi connectivity index (χ3v) is 4.87. The second-order valence-electron chi connectivity index (χ2n) is 6.03. The van der Waals surface area contributed by atoms with Crippen molar-refractivity contribution >= 4 is 23.4 Å². The summed E-state index contributed by atoms with van der Waals surface area (Å²) in [5.41, 5.74) is 0.702. The second-order valence-corrected chi connectivity index (χ2v) is 6.97. The summed E-state index contributed by atoms with van der Waals surface area (Å²) in [5, 5.41) is 11.7. The molecule has 0 radical (unpaired) electrons. The van der Waals surface area contributed by atoms with Crippen molar-refractivity contribution in [3.05, 3.63) is 60.9 Å². The number of para-hydroxylation sites is 1. The molecule has 1 saturated carbocycles. The number of hydrogen-bond donors (Lipinski definition) is 1. The molecule has 132 valence electrons. The summed E-state index contributed by atoms with van der Waals surface area (Å²) in [6.07, 6.45) is 4.06. The Morgan fingerprint density at radius 2 is 1.96 bits per heavy atom. The van der Waals surface area contributed by atoms with E-state index < -0.39 is 0 Å². The molecular formula is C19H18N4O2S. The quantitative estimate of drug-likeness (QED) is 0.637. The lowest BCUT2D eigenvalue weighted by molar-refractivity contribution is -0.113. The van der Waals surface area contributed by atoms with Crippen LogP contribution in [-0.4, -0.2) is 26.4 Å². The molecule has 1 heterocycles. The normalized spacial score (nSPS) is 13.4. The monoisotopic (exact) mass is 366 g/mol. The van der Waals surface area contributed by atoms with Crippen molar-refractivity contribution in [2.24, 2.45) is 0 Å². The number of thioether (sulfide) groups is 1. The van der Waals surface area contributed by atoms with E-state index in [9.17, 15) is 4.79 Å². The highest BCUT2D eigenvalue weighted by molar-refractivity contribution is 7.99. The average molecular weight is 366 g/mol. The highest BCUT2D eigenvalue weighted by Crippen LogP contribution is 2.37. The van der Waals surface area contributed by atoms with Gasteiger partial charge in [-0.25, -0.2) is 0 Å². The molecular weight excluding hydrogens is 348 g/mol. The molecule has 1 N–H and O–H groups in total. The van der Waals surface area contributed by atoms with Gasteiger partial charge in [-0.2, -0.15) is 0 Å². The second kappa shape index (κ2) is 7.61. The van der Waals surface area contributed by atoms with Crippen LogP contribution >= 0.6 is 11.8 Å². The Balaban J connectivity index is 1.34. The Kier molecular flexibility index (Phi) is 4.88. The molecule has 0 atom stereocenters. The number of carbonyl (C=O) groups excluding carboxylic acids is 1. The van der Waals surface area contributed by atoms with E-state index in [0.717, 1.165) is 23.7 Å². The topological polar surface area (TPSA) is 69.0 Å². The van der Waals surface area contributed by atoms with Crippen LogP contribution in [0.1, 0.15) is 18.9 Å². The fourth-order valence-corrected chi connectivity index (χ4v) is 3.31. The number of anilines is 1. The van der Waals surface area contributed by atoms with Crippen molar-refractivity contribution < 1.29 is 9.53 Å². The number of ether oxygens (including phenoxy) is 1. The van der Waals surface area contributed by atoms with Gasteiger partial charge in [-0.15, -0.1) is 10.2 Å². The van der Waals surface area contributed by atoms with Crippen molar-refractivity contribution in [1.29, 1.82) is 0 Å². The predicted octanol–water partition coefficient (Wildman–Crippen LogP) is 4.14. The molecule has 1 aliphatic rings. The van der Waals surface area contributed by atoms with Crippen molar-refractivity contribution in [2.45, 2.75) is 24.0 Å². The number of aromatic nitrogens is 3. The molecule has 3 aromatic rings. The van der Waals surface area contributed by atoms with Gasteiger partial charge in [-0.1, -0.05) is 36.0 Å². The summed E-state index contributed by atoms with van der Waals surface area (Å²) >= 11 is 1.40. The fraction of sp³-hybridized carbons (Fsp3) is 0.211. The van der Waals surface area contributed by atoms with E-state index in [1.54, 1.807) is 6.33 Å². The lowest BCUT2D eigenvalue weighted by Crippen LogP contribution is -2.14. The Morgan fingerprint density at radius 1 is 1.15 bits per heavy atom. The van der Waals surface area contributed by atoms with Gasteiger partial charge < -0.3 is 14.6 Å². The molecule has 26 heavy (non-hydrogen) atoms. The number of hydrogen-bond acceptors (Lipinski definition) is 5. The zero-order valence-corrected chi connectivity index (χ0v) is 14.9. The number of rotatable bonds is 7. The van der Waals surface area contributed by atoms with Crippen molar-refractivity contribution in [3.63, 3.8) is 0 Å². The number of nitrogens with zero attached hydrogens (tertiary/aromatic N) is 3. The van der Waals surface area contributed by atoms with Crippen LogP contribution in [0.5, 0.6) is 11.5 Å². The van der Waals surface area contributed by atoms with E-state index in [1.807, 2.05) is 59.2 Å². The van der Waals surface area contributed by atoms with E-state index in [0.29, 0.717) is 17.5 Å². The van der Waals surface area contributed by atoms with Crippen LogP contribution in [-0.2, 0) is 4.79 Å². The van der Waals surface area contributed by atoms with Crippen LogP contribution in [0.15, 0.2) is 66.1 Å². The van der Waals surface area contributed by atoms with Crippen molar-refractivity contribution in [2.75, 3.05) is 11.1 Å². The number of amides is 1. The molecule has 1 aromatic heterocycles. The maximum absolute atomic E-state index is 12.2. The minimum atomic E-state index is -0.0859. The smallest absolute Gasteiger partial charge is 0.234 e. The van der Waals surface area contributed by atoms with E-state index in [1.165, 1.54) is 11.8 Å². The Morgan fingerprint density at radius 3 is 2.77 bits per heavy atom. The maximum Gasteiger partial charge on any atom is 0.234 e. The summed E-state index contributed by atoms with van der Waals surface area (Å²) in [7, 11) is 0. The van der Waals surface area contributed by atoms with Gasteiger partial charge in [0.1, 0.15) is 17.8 Å². The maximum atomic E-state index is 12.2. The Hall–Kier alpha value is -2.80. The number of nitrogens with one attached hydrogen (secondary N) is 1. The molecule has 0 aliphatic heterocycles. The standard InChI is InChI=1S/C19H18N4O2S/c24-18(12-26-19-22-20-13-23(19)15-9-10-15)21-14-5-4-8-17(11-14)25-16-6-2-1-3-7-16/h1-8,11,13,15H,9-10,12H2,(H,21,24). The molecule has 2 aromatic carbocycles. The SMILES string of the molecule is O=C(CSc1nncn1C1CC1)Nc1cccc(Oc2ccccc2)c1. The Bertz CT molecular complexity index is 893. The molecule has 0 unspecified atom stereocenters. The Labute approximate surface area is 155 Å². The van der Waals surface area contributed by atoms with Crippen LogP contribution in [0.2, 0.25) is 0 Å². The first-order chi connectivity index (χ1) is 12.8. The van der Waals surface area contributed by atoms with Crippen molar-refractivity contribution in [3.8, 4) is 11.5 Å². The fourth-order valence-electron chi connectivity index (χ4n) is 2.53. The van der Waals surface area contributed by atoms with Crippen molar-refractivity contribution in [1.82, 2.24) is 14.8 Å². The predicted molar refractivity (Wildman–Crippen MR) is 101 cm³/mol. The summed E-state index contributed by atoms with van der Waals surface area (Å²) < 4.78 is 7.84. The molecule has 4 rings (SSSR count). The van der Waals surface area contributed by atoms with E-state index in [4.69, 9.17) is 4.74 Å². The van der Waals surface area contributed by atoms with E-state index >= 15 is 0 Å². The first kappa shape index (κ1) is 16.7. The van der Waals surface area contributed by atoms with Gasteiger partial charge in [0.05, 0.1) is 5.75 Å². The molecule has 7 heteroatoms. The molecule has 1 amide bonds. The number of carbonyl (C=O) groups is 1. The first-order valence-corrected chi connectivity index (χ1v) is 9.41. The van der Waals surface area contributed by atoms with Gasteiger partial charge in [0.25, 0.3) is 0 Å². The van der Waals surface area contributed by atoms with Crippen LogP contribution in [0, 0.1) is 0 Å². The number of benzene rings is 2. The zero-order valence-electron chi connectivity index (χ0n) is 14.0.